The van der Waals surface area contributed by atoms with Gasteiger partial charge >= 0.3 is 12.1 Å². The smallest absolute Gasteiger partial charge is 0.408 e. The van der Waals surface area contributed by atoms with Gasteiger partial charge in [0.25, 0.3) is 0 Å². The molecule has 1 unspecified atom stereocenters. The second kappa shape index (κ2) is 10.2. The molecule has 3 aliphatic rings. The summed E-state index contributed by atoms with van der Waals surface area (Å²) in [5.74, 6) is -0.123. The van der Waals surface area contributed by atoms with Crippen molar-refractivity contribution in [2.24, 2.45) is 5.92 Å². The quantitative estimate of drug-likeness (QED) is 0.364. The van der Waals surface area contributed by atoms with Crippen molar-refractivity contribution in [3.05, 3.63) is 71.8 Å². The summed E-state index contributed by atoms with van der Waals surface area (Å²) in [5, 5.41) is 2.69. The number of esters is 1. The van der Waals surface area contributed by atoms with Crippen molar-refractivity contribution < 1.29 is 28.3 Å². The second-order valence-electron chi connectivity index (χ2n) is 10.7. The minimum Gasteiger partial charge on any atom is -0.454 e. The molecule has 0 radical (unpaired) electrons. The lowest BCUT2D eigenvalue weighted by Gasteiger charge is -2.51. The van der Waals surface area contributed by atoms with Gasteiger partial charge in [-0.1, -0.05) is 60.7 Å². The van der Waals surface area contributed by atoms with E-state index in [-0.39, 0.29) is 17.8 Å². The maximum Gasteiger partial charge on any atom is 0.408 e. The first-order chi connectivity index (χ1) is 16.6. The van der Waals surface area contributed by atoms with Crippen molar-refractivity contribution in [3.63, 3.8) is 0 Å². The molecule has 7 heteroatoms. The Morgan fingerprint density at radius 1 is 0.971 bits per heavy atom. The van der Waals surface area contributed by atoms with E-state index in [1.165, 1.54) is 0 Å². The Bertz CT molecular complexity index is 1040. The molecule has 2 aromatic rings. The summed E-state index contributed by atoms with van der Waals surface area (Å²) in [6.45, 7) is 8.16. The summed E-state index contributed by atoms with van der Waals surface area (Å²) in [4.78, 5) is 38.8. The largest absolute Gasteiger partial charge is 0.454 e. The van der Waals surface area contributed by atoms with E-state index in [4.69, 9.17) is 9.47 Å². The first-order valence-corrected chi connectivity index (χ1v) is 12.3. The molecule has 3 fully saturated rings. The Balaban J connectivity index is 1.46. The van der Waals surface area contributed by atoms with Crippen LogP contribution in [0.3, 0.4) is 0 Å². The maximum absolute atomic E-state index is 13.4. The number of carbonyl (C=O) groups is 3. The van der Waals surface area contributed by atoms with Crippen molar-refractivity contribution in [1.29, 1.82) is 0 Å². The normalized spacial score (nSPS) is 24.3. The lowest BCUT2D eigenvalue weighted by atomic mass is 9.82. The summed E-state index contributed by atoms with van der Waals surface area (Å²) in [5.41, 5.74) is 0.659. The predicted octanol–water partition coefficient (Wildman–Crippen LogP) is 4.29. The molecular formula is C28H35N2O5+. The first kappa shape index (κ1) is 24.9. The highest BCUT2D eigenvalue weighted by molar-refractivity contribution is 5.97. The van der Waals surface area contributed by atoms with Gasteiger partial charge in [0.1, 0.15) is 18.7 Å². The zero-order valence-electron chi connectivity index (χ0n) is 20.7. The van der Waals surface area contributed by atoms with Gasteiger partial charge in [0.05, 0.1) is 13.1 Å². The number of amides is 1. The third-order valence-corrected chi connectivity index (χ3v) is 6.91. The molecule has 0 aromatic heterocycles. The van der Waals surface area contributed by atoms with Gasteiger partial charge in [-0.05, 0) is 26.3 Å². The highest BCUT2D eigenvalue weighted by atomic mass is 16.6. The van der Waals surface area contributed by atoms with Gasteiger partial charge in [-0.3, -0.25) is 4.79 Å². The third-order valence-electron chi connectivity index (χ3n) is 6.91. The van der Waals surface area contributed by atoms with Gasteiger partial charge in [-0.2, -0.15) is 0 Å². The van der Waals surface area contributed by atoms with Crippen LogP contribution in [0.5, 0.6) is 0 Å². The number of rotatable bonds is 7. The standard InChI is InChI=1S/C28H34N2O5/c1-28(2,3)35-27(33)29-25(22-12-8-5-9-13-22)26(32)34-24-19-30(16-14-21(24)15-17-30)18-23(31)20-10-6-4-7-11-20/h4-13,21,24-25H,14-19H2,1-3H3/p+1/t21?,24-,25?,30?/m0/s1. The van der Waals surface area contributed by atoms with Gasteiger partial charge in [0.2, 0.25) is 5.78 Å². The molecule has 5 rings (SSSR count). The SMILES string of the molecule is CC(C)(C)OC(=O)NC(C(=O)O[C@H]1C[N+]2(CC(=O)c3ccccc3)CCC1CC2)c1ccccc1. The summed E-state index contributed by atoms with van der Waals surface area (Å²) in [6, 6.07) is 17.4. The number of carbonyl (C=O) groups excluding carboxylic acids is 3. The highest BCUT2D eigenvalue weighted by Gasteiger charge is 2.49. The summed E-state index contributed by atoms with van der Waals surface area (Å²) in [7, 11) is 0. The van der Waals surface area contributed by atoms with Crippen LogP contribution in [0.2, 0.25) is 0 Å². The minimum absolute atomic E-state index is 0.116. The van der Waals surface area contributed by atoms with E-state index >= 15 is 0 Å². The number of quaternary nitrogens is 1. The number of fused-ring (bicyclic) bond motifs is 3. The Morgan fingerprint density at radius 2 is 1.57 bits per heavy atom. The van der Waals surface area contributed by atoms with Gasteiger partial charge < -0.3 is 19.3 Å². The molecule has 3 aliphatic heterocycles. The second-order valence-corrected chi connectivity index (χ2v) is 10.7. The Morgan fingerprint density at radius 3 is 2.17 bits per heavy atom. The van der Waals surface area contributed by atoms with Crippen LogP contribution in [0.15, 0.2) is 60.7 Å². The fraction of sp³-hybridized carbons (Fsp3) is 0.464. The third kappa shape index (κ3) is 6.28. The first-order valence-electron chi connectivity index (χ1n) is 12.3. The molecule has 2 atom stereocenters. The predicted molar refractivity (Wildman–Crippen MR) is 132 cm³/mol. The van der Waals surface area contributed by atoms with Crippen LogP contribution < -0.4 is 5.32 Å². The average molecular weight is 480 g/mol. The number of benzene rings is 2. The van der Waals surface area contributed by atoms with Crippen LogP contribution in [-0.4, -0.2) is 60.2 Å². The van der Waals surface area contributed by atoms with Crippen molar-refractivity contribution in [2.75, 3.05) is 26.2 Å². The van der Waals surface area contributed by atoms with Crippen LogP contribution in [-0.2, 0) is 14.3 Å². The molecule has 3 saturated heterocycles. The van der Waals surface area contributed by atoms with Crippen molar-refractivity contribution in [3.8, 4) is 0 Å². The Labute approximate surface area is 207 Å². The van der Waals surface area contributed by atoms with Crippen molar-refractivity contribution in [1.82, 2.24) is 5.32 Å². The Hall–Kier alpha value is -3.19. The van der Waals surface area contributed by atoms with E-state index in [1.54, 1.807) is 32.9 Å². The molecule has 1 N–H and O–H groups in total. The van der Waals surface area contributed by atoms with Gasteiger partial charge in [-0.25, -0.2) is 9.59 Å². The van der Waals surface area contributed by atoms with E-state index in [2.05, 4.69) is 5.32 Å². The van der Waals surface area contributed by atoms with Crippen LogP contribution in [0.4, 0.5) is 4.79 Å². The number of hydrogen-bond donors (Lipinski definition) is 1. The van der Waals surface area contributed by atoms with Gasteiger partial charge in [-0.15, -0.1) is 0 Å². The topological polar surface area (TPSA) is 81.7 Å². The molecule has 0 saturated carbocycles. The number of nitrogens with zero attached hydrogens (tertiary/aromatic N) is 1. The van der Waals surface area contributed by atoms with Gasteiger partial charge in [0, 0.05) is 24.3 Å². The molecule has 3 heterocycles. The average Bonchev–Trinajstić information content (AvgIpc) is 2.83. The molecule has 2 aromatic carbocycles. The zero-order chi connectivity index (χ0) is 25.1. The van der Waals surface area contributed by atoms with Crippen LogP contribution in [0, 0.1) is 5.92 Å². The Kier molecular flexibility index (Phi) is 7.26. The highest BCUT2D eigenvalue weighted by Crippen LogP contribution is 2.36. The maximum atomic E-state index is 13.4. The van der Waals surface area contributed by atoms with Crippen LogP contribution in [0.25, 0.3) is 0 Å². The molecule has 1 amide bonds. The van der Waals surface area contributed by atoms with Crippen LogP contribution in [0.1, 0.15) is 55.6 Å². The molecule has 0 spiro atoms. The lowest BCUT2D eigenvalue weighted by Crippen LogP contribution is -2.66. The summed E-state index contributed by atoms with van der Waals surface area (Å²) < 4.78 is 12.1. The van der Waals surface area contributed by atoms with Crippen LogP contribution >= 0.6 is 0 Å². The van der Waals surface area contributed by atoms with E-state index in [0.29, 0.717) is 28.7 Å². The van der Waals surface area contributed by atoms with E-state index in [9.17, 15) is 14.4 Å². The van der Waals surface area contributed by atoms with Gasteiger partial charge in [0.15, 0.2) is 12.1 Å². The summed E-state index contributed by atoms with van der Waals surface area (Å²) >= 11 is 0. The van der Waals surface area contributed by atoms with E-state index in [1.807, 2.05) is 48.5 Å². The number of hydrogen-bond acceptors (Lipinski definition) is 5. The molecule has 2 bridgehead atoms. The number of ketones is 1. The fourth-order valence-electron chi connectivity index (χ4n) is 5.16. The fourth-order valence-corrected chi connectivity index (χ4v) is 5.16. The number of nitrogens with one attached hydrogen (secondary N) is 1. The molecule has 7 nitrogen and oxygen atoms in total. The molecule has 35 heavy (non-hydrogen) atoms. The lowest BCUT2D eigenvalue weighted by molar-refractivity contribution is -0.938. The van der Waals surface area contributed by atoms with E-state index < -0.39 is 23.7 Å². The number of alkyl carbamates (subject to hydrolysis) is 1. The number of piperidine rings is 3. The summed E-state index contributed by atoms with van der Waals surface area (Å²) in [6.07, 6.45) is 0.861. The molecule has 0 aliphatic carbocycles. The number of ether oxygens (including phenoxy) is 2. The van der Waals surface area contributed by atoms with Crippen molar-refractivity contribution in [2.45, 2.75) is 51.4 Å². The van der Waals surface area contributed by atoms with Crippen molar-refractivity contribution >= 4 is 17.8 Å². The number of Topliss-reactive ketones (excluding diaryl/α,β-unsaturated/α-hetero) is 1. The monoisotopic (exact) mass is 479 g/mol. The zero-order valence-corrected chi connectivity index (χ0v) is 20.7. The molecule has 186 valence electrons. The minimum atomic E-state index is -0.971. The van der Waals surface area contributed by atoms with E-state index in [0.717, 1.165) is 25.9 Å². The molecular weight excluding hydrogens is 444 g/mol.